The van der Waals surface area contributed by atoms with Gasteiger partial charge in [0.2, 0.25) is 11.9 Å². The minimum atomic E-state index is -4.54. The third-order valence-corrected chi connectivity index (χ3v) is 4.20. The first-order valence-corrected chi connectivity index (χ1v) is 8.68. The fraction of sp³-hybridized carbons (Fsp3) is 0.333. The highest BCUT2D eigenvalue weighted by molar-refractivity contribution is 5.90. The number of amides is 1. The summed E-state index contributed by atoms with van der Waals surface area (Å²) < 4.78 is 53.8. The molecule has 0 saturated carbocycles. The molecule has 1 unspecified atom stereocenters. The summed E-state index contributed by atoms with van der Waals surface area (Å²) in [5, 5.41) is 10.2. The normalized spacial score (nSPS) is 12.8. The van der Waals surface area contributed by atoms with Crippen LogP contribution in [0.1, 0.15) is 23.9 Å². The fourth-order valence-corrected chi connectivity index (χ4v) is 2.61. The summed E-state index contributed by atoms with van der Waals surface area (Å²) in [4.78, 5) is 16.3. The topological polar surface area (TPSA) is 77.6 Å². The second-order valence-electron chi connectivity index (χ2n) is 6.63. The maximum absolute atomic E-state index is 12.9. The lowest BCUT2D eigenvalue weighted by Crippen LogP contribution is -2.26. The maximum Gasteiger partial charge on any atom is 0.435 e. The van der Waals surface area contributed by atoms with Gasteiger partial charge in [-0.3, -0.25) is 14.8 Å². The molecule has 0 spiro atoms. The van der Waals surface area contributed by atoms with Gasteiger partial charge in [-0.25, -0.2) is 14.1 Å². The van der Waals surface area contributed by atoms with Crippen molar-refractivity contribution in [3.63, 3.8) is 0 Å². The van der Waals surface area contributed by atoms with Crippen molar-refractivity contribution in [3.05, 3.63) is 59.4 Å². The summed E-state index contributed by atoms with van der Waals surface area (Å²) in [5.74, 6) is -1.40. The highest BCUT2D eigenvalue weighted by Gasteiger charge is 2.34. The van der Waals surface area contributed by atoms with E-state index in [-0.39, 0.29) is 18.3 Å². The summed E-state index contributed by atoms with van der Waals surface area (Å²) in [5.41, 5.74) is 0.111. The molecule has 29 heavy (non-hydrogen) atoms. The molecule has 0 bridgehead atoms. The first-order chi connectivity index (χ1) is 13.6. The molecule has 0 aliphatic heterocycles. The van der Waals surface area contributed by atoms with Gasteiger partial charge in [0.15, 0.2) is 5.69 Å². The van der Waals surface area contributed by atoms with Crippen molar-refractivity contribution < 1.29 is 22.4 Å². The van der Waals surface area contributed by atoms with E-state index in [1.165, 1.54) is 30.1 Å². The summed E-state index contributed by atoms with van der Waals surface area (Å²) in [6, 6.07) is 6.82. The Morgan fingerprint density at radius 2 is 1.90 bits per heavy atom. The maximum atomic E-state index is 12.9. The van der Waals surface area contributed by atoms with Crippen molar-refractivity contribution in [2.75, 3.05) is 5.32 Å². The van der Waals surface area contributed by atoms with Crippen LogP contribution in [-0.2, 0) is 24.1 Å². The Kier molecular flexibility index (Phi) is 5.66. The van der Waals surface area contributed by atoms with Gasteiger partial charge in [0, 0.05) is 5.69 Å². The number of hydrogen-bond acceptors (Lipinski definition) is 4. The number of nitrogens with one attached hydrogen (secondary N) is 1. The second kappa shape index (κ2) is 8.02. The van der Waals surface area contributed by atoms with Crippen molar-refractivity contribution in [1.29, 1.82) is 0 Å². The first kappa shape index (κ1) is 20.5. The molecule has 1 atom stereocenters. The third-order valence-electron chi connectivity index (χ3n) is 4.20. The molecule has 1 N–H and O–H groups in total. The van der Waals surface area contributed by atoms with Gasteiger partial charge in [0.1, 0.15) is 12.1 Å². The van der Waals surface area contributed by atoms with E-state index in [4.69, 9.17) is 0 Å². The van der Waals surface area contributed by atoms with Gasteiger partial charge < -0.3 is 0 Å². The molecule has 2 heterocycles. The number of nitrogens with zero attached hydrogens (tertiary/aromatic N) is 5. The molecular weight excluding hydrogens is 392 g/mol. The Labute approximate surface area is 163 Å². The minimum absolute atomic E-state index is 0.0238. The van der Waals surface area contributed by atoms with Crippen LogP contribution in [0.4, 0.5) is 23.5 Å². The Hall–Kier alpha value is -3.24. The molecule has 0 aliphatic carbocycles. The number of benzene rings is 1. The zero-order valence-corrected chi connectivity index (χ0v) is 15.6. The van der Waals surface area contributed by atoms with Crippen LogP contribution < -0.4 is 5.32 Å². The Morgan fingerprint density at radius 3 is 2.52 bits per heavy atom. The number of hydrogen-bond donors (Lipinski definition) is 1. The number of aryl methyl sites for hydroxylation is 1. The molecule has 0 saturated heterocycles. The zero-order valence-electron chi connectivity index (χ0n) is 15.6. The van der Waals surface area contributed by atoms with Crippen LogP contribution in [-0.4, -0.2) is 30.5 Å². The fourth-order valence-electron chi connectivity index (χ4n) is 2.61. The summed E-state index contributed by atoms with van der Waals surface area (Å²) >= 11 is 0. The molecule has 0 fully saturated rings. The molecule has 154 valence electrons. The number of alkyl halides is 3. The van der Waals surface area contributed by atoms with Crippen LogP contribution in [0.25, 0.3) is 0 Å². The predicted octanol–water partition coefficient (Wildman–Crippen LogP) is 3.26. The van der Waals surface area contributed by atoms with E-state index in [0.29, 0.717) is 12.2 Å². The van der Waals surface area contributed by atoms with E-state index in [1.54, 1.807) is 19.1 Å². The van der Waals surface area contributed by atoms with Crippen LogP contribution >= 0.6 is 0 Å². The van der Waals surface area contributed by atoms with Crippen molar-refractivity contribution in [2.45, 2.75) is 33.1 Å². The van der Waals surface area contributed by atoms with E-state index in [1.807, 2.05) is 0 Å². The van der Waals surface area contributed by atoms with Crippen LogP contribution in [0.15, 0.2) is 36.7 Å². The average Bonchev–Trinajstić information content (AvgIpc) is 3.23. The number of rotatable bonds is 6. The number of aromatic nitrogens is 5. The standard InChI is InChI=1S/C18H18F4N6O/c1-11(8-28-12(2)7-15(25-28)18(20,21)22)16(29)24-17-23-10-27(26-17)9-13-3-5-14(19)6-4-13/h3-7,10-11H,8-9H2,1-2H3,(H,24,26,29). The lowest BCUT2D eigenvalue weighted by molar-refractivity contribution is -0.141. The lowest BCUT2D eigenvalue weighted by atomic mass is 10.1. The highest BCUT2D eigenvalue weighted by Crippen LogP contribution is 2.28. The van der Waals surface area contributed by atoms with Crippen molar-refractivity contribution in [2.24, 2.45) is 5.92 Å². The molecular formula is C18H18F4N6O. The number of halogens is 4. The van der Waals surface area contributed by atoms with Crippen molar-refractivity contribution >= 4 is 11.9 Å². The number of anilines is 1. The Morgan fingerprint density at radius 1 is 1.21 bits per heavy atom. The minimum Gasteiger partial charge on any atom is -0.293 e. The molecule has 1 aromatic carbocycles. The van der Waals surface area contributed by atoms with E-state index in [0.717, 1.165) is 16.3 Å². The lowest BCUT2D eigenvalue weighted by Gasteiger charge is -2.12. The molecule has 3 rings (SSSR count). The van der Waals surface area contributed by atoms with Crippen molar-refractivity contribution in [3.8, 4) is 0 Å². The van der Waals surface area contributed by atoms with Crippen LogP contribution in [0.2, 0.25) is 0 Å². The molecule has 2 aromatic heterocycles. The number of carbonyl (C=O) groups excluding carboxylic acids is 1. The summed E-state index contributed by atoms with van der Waals surface area (Å²) in [7, 11) is 0. The predicted molar refractivity (Wildman–Crippen MR) is 95.3 cm³/mol. The van der Waals surface area contributed by atoms with Gasteiger partial charge in [-0.05, 0) is 30.7 Å². The zero-order chi connectivity index (χ0) is 21.2. The largest absolute Gasteiger partial charge is 0.435 e. The van der Waals surface area contributed by atoms with Crippen LogP contribution in [0.5, 0.6) is 0 Å². The van der Waals surface area contributed by atoms with E-state index in [9.17, 15) is 22.4 Å². The van der Waals surface area contributed by atoms with Crippen molar-refractivity contribution in [1.82, 2.24) is 24.5 Å². The van der Waals surface area contributed by atoms with Gasteiger partial charge in [0.25, 0.3) is 0 Å². The molecule has 11 heteroatoms. The van der Waals surface area contributed by atoms with E-state index in [2.05, 4.69) is 20.5 Å². The smallest absolute Gasteiger partial charge is 0.293 e. The van der Waals surface area contributed by atoms with Gasteiger partial charge in [0.05, 0.1) is 19.0 Å². The molecule has 0 aliphatic rings. The SMILES string of the molecule is Cc1cc(C(F)(F)F)nn1CC(C)C(=O)Nc1ncn(Cc2ccc(F)cc2)n1. The Bertz CT molecular complexity index is 993. The van der Waals surface area contributed by atoms with Gasteiger partial charge >= 0.3 is 6.18 Å². The second-order valence-corrected chi connectivity index (χ2v) is 6.63. The van der Waals surface area contributed by atoms with Gasteiger partial charge in [-0.2, -0.15) is 18.3 Å². The summed E-state index contributed by atoms with van der Waals surface area (Å²) in [6.45, 7) is 3.38. The molecule has 1 amide bonds. The molecule has 0 radical (unpaired) electrons. The Balaban J connectivity index is 1.59. The van der Waals surface area contributed by atoms with Crippen LogP contribution in [0.3, 0.4) is 0 Å². The highest BCUT2D eigenvalue weighted by atomic mass is 19.4. The summed E-state index contributed by atoms with van der Waals surface area (Å²) in [6.07, 6.45) is -3.13. The monoisotopic (exact) mass is 410 g/mol. The van der Waals surface area contributed by atoms with Crippen LogP contribution in [0, 0.1) is 18.7 Å². The van der Waals surface area contributed by atoms with Gasteiger partial charge in [-0.15, -0.1) is 5.10 Å². The average molecular weight is 410 g/mol. The molecule has 3 aromatic rings. The van der Waals surface area contributed by atoms with E-state index >= 15 is 0 Å². The number of carbonyl (C=O) groups is 1. The first-order valence-electron chi connectivity index (χ1n) is 8.68. The van der Waals surface area contributed by atoms with E-state index < -0.39 is 23.7 Å². The quantitative estimate of drug-likeness (QED) is 0.633. The molecule has 7 nitrogen and oxygen atoms in total. The third kappa shape index (κ3) is 5.18. The van der Waals surface area contributed by atoms with Gasteiger partial charge in [-0.1, -0.05) is 19.1 Å².